The summed E-state index contributed by atoms with van der Waals surface area (Å²) in [4.78, 5) is 11.6. The number of nitrogens with two attached hydrogens (primary N) is 1. The quantitative estimate of drug-likeness (QED) is 0.742. The minimum Gasteiger partial charge on any atom is -0.496 e. The lowest BCUT2D eigenvalue weighted by Gasteiger charge is -2.17. The van der Waals surface area contributed by atoms with E-state index in [1.165, 1.54) is 30.3 Å². The summed E-state index contributed by atoms with van der Waals surface area (Å²) < 4.78 is 18.2. The summed E-state index contributed by atoms with van der Waals surface area (Å²) in [6.07, 6.45) is 0.209. The number of hydrogen-bond donors (Lipinski definition) is 2. The van der Waals surface area contributed by atoms with Gasteiger partial charge >= 0.3 is 0 Å². The molecule has 0 heterocycles. The molecule has 1 unspecified atom stereocenters. The highest BCUT2D eigenvalue weighted by Gasteiger charge is 2.17. The van der Waals surface area contributed by atoms with Crippen molar-refractivity contribution < 1.29 is 13.9 Å². The molecule has 0 bridgehead atoms. The van der Waals surface area contributed by atoms with Crippen LogP contribution in [0.15, 0.2) is 18.2 Å². The average molecular weight is 255 g/mol. The predicted octanol–water partition coefficient (Wildman–Crippen LogP) is 0.297. The van der Waals surface area contributed by atoms with E-state index in [0.29, 0.717) is 11.3 Å². The van der Waals surface area contributed by atoms with Gasteiger partial charge in [0.25, 0.3) is 5.91 Å². The predicted molar refractivity (Wildman–Crippen MR) is 66.5 cm³/mol. The van der Waals surface area contributed by atoms with Gasteiger partial charge in [-0.05, 0) is 23.8 Å². The molecule has 0 radical (unpaired) electrons. The number of carbonyl (C=O) groups excluding carboxylic acids is 1. The highest BCUT2D eigenvalue weighted by atomic mass is 19.1. The molecule has 0 aliphatic rings. The second-order valence-electron chi connectivity index (χ2n) is 4.14. The Bertz CT molecular complexity index is 424. The van der Waals surface area contributed by atoms with Crippen molar-refractivity contribution in [3.63, 3.8) is 0 Å². The molecule has 1 amide bonds. The van der Waals surface area contributed by atoms with E-state index in [1.807, 2.05) is 0 Å². The number of ether oxygens (including phenoxy) is 1. The van der Waals surface area contributed by atoms with Gasteiger partial charge in [0.2, 0.25) is 0 Å². The summed E-state index contributed by atoms with van der Waals surface area (Å²) in [6.45, 7) is 0. The monoisotopic (exact) mass is 255 g/mol. The van der Waals surface area contributed by atoms with Gasteiger partial charge in [0.15, 0.2) is 0 Å². The highest BCUT2D eigenvalue weighted by Crippen LogP contribution is 2.20. The smallest absolute Gasteiger partial charge is 0.251 e. The van der Waals surface area contributed by atoms with Gasteiger partial charge < -0.3 is 10.5 Å². The normalized spacial score (nSPS) is 12.3. The molecule has 1 aromatic carbocycles. The number of methoxy groups -OCH3 is 1. The Kier molecular flexibility index (Phi) is 5.06. The van der Waals surface area contributed by atoms with Gasteiger partial charge in [-0.15, -0.1) is 0 Å². The molecular formula is C12H18FN3O2. The maximum absolute atomic E-state index is 13.1. The minimum atomic E-state index is -0.761. The van der Waals surface area contributed by atoms with Gasteiger partial charge in [0.05, 0.1) is 13.2 Å². The zero-order chi connectivity index (χ0) is 13.7. The van der Waals surface area contributed by atoms with E-state index in [0.717, 1.165) is 0 Å². The van der Waals surface area contributed by atoms with E-state index in [2.05, 4.69) is 5.43 Å². The van der Waals surface area contributed by atoms with Crippen molar-refractivity contribution in [2.45, 2.75) is 12.5 Å². The maximum Gasteiger partial charge on any atom is 0.251 e. The summed E-state index contributed by atoms with van der Waals surface area (Å²) in [6, 6.07) is 3.37. The lowest BCUT2D eigenvalue weighted by Crippen LogP contribution is -2.47. The number of rotatable bonds is 5. The van der Waals surface area contributed by atoms with E-state index in [9.17, 15) is 9.18 Å². The largest absolute Gasteiger partial charge is 0.496 e. The van der Waals surface area contributed by atoms with E-state index in [1.54, 1.807) is 14.1 Å². The summed E-state index contributed by atoms with van der Waals surface area (Å²) in [7, 11) is 4.86. The van der Waals surface area contributed by atoms with Crippen LogP contribution in [0.1, 0.15) is 5.56 Å². The third kappa shape index (κ3) is 3.97. The average Bonchev–Trinajstić information content (AvgIpc) is 2.28. The molecule has 0 saturated carbocycles. The lowest BCUT2D eigenvalue weighted by atomic mass is 10.0. The number of carbonyl (C=O) groups is 1. The van der Waals surface area contributed by atoms with Crippen molar-refractivity contribution in [1.29, 1.82) is 0 Å². The van der Waals surface area contributed by atoms with Gasteiger partial charge in [-0.25, -0.2) is 9.40 Å². The Balaban J connectivity index is 2.77. The van der Waals surface area contributed by atoms with E-state index < -0.39 is 6.04 Å². The molecular weight excluding hydrogens is 237 g/mol. The van der Waals surface area contributed by atoms with E-state index in [-0.39, 0.29) is 18.1 Å². The van der Waals surface area contributed by atoms with Crippen molar-refractivity contribution in [2.75, 3.05) is 21.2 Å². The Labute approximate surface area is 106 Å². The lowest BCUT2D eigenvalue weighted by molar-refractivity contribution is -0.126. The fraction of sp³-hybridized carbons (Fsp3) is 0.417. The molecule has 0 aliphatic carbocycles. The van der Waals surface area contributed by atoms with Crippen molar-refractivity contribution in [2.24, 2.45) is 5.73 Å². The summed E-state index contributed by atoms with van der Waals surface area (Å²) >= 11 is 0. The third-order valence-corrected chi connectivity index (χ3v) is 2.35. The van der Waals surface area contributed by atoms with Crippen molar-refractivity contribution in [3.05, 3.63) is 29.6 Å². The Hall–Kier alpha value is -1.66. The van der Waals surface area contributed by atoms with Crippen LogP contribution in [0.5, 0.6) is 5.75 Å². The molecule has 0 saturated heterocycles. The molecule has 100 valence electrons. The number of benzene rings is 1. The van der Waals surface area contributed by atoms with Crippen LogP contribution in [0, 0.1) is 5.82 Å². The topological polar surface area (TPSA) is 67.6 Å². The first-order valence-electron chi connectivity index (χ1n) is 5.50. The first-order valence-corrected chi connectivity index (χ1v) is 5.50. The molecule has 0 fully saturated rings. The van der Waals surface area contributed by atoms with Crippen LogP contribution in [0.2, 0.25) is 0 Å². The van der Waals surface area contributed by atoms with Crippen molar-refractivity contribution >= 4 is 5.91 Å². The maximum atomic E-state index is 13.1. The van der Waals surface area contributed by atoms with E-state index in [4.69, 9.17) is 10.5 Å². The minimum absolute atomic E-state index is 0.209. The summed E-state index contributed by atoms with van der Waals surface area (Å²) in [5, 5.41) is 1.50. The standard InChI is InChI=1S/C12H18FN3O2/c1-16(2)15-12(17)10(14)7-8-6-9(13)4-5-11(8)18-3/h4-6,10H,7,14H2,1-3H3,(H,15,17). The molecule has 3 N–H and O–H groups in total. The second kappa shape index (κ2) is 6.32. The fourth-order valence-electron chi connectivity index (χ4n) is 1.54. The summed E-state index contributed by atoms with van der Waals surface area (Å²) in [5.41, 5.74) is 8.87. The van der Waals surface area contributed by atoms with Gasteiger partial charge in [-0.2, -0.15) is 0 Å². The van der Waals surface area contributed by atoms with Crippen LogP contribution >= 0.6 is 0 Å². The fourth-order valence-corrected chi connectivity index (χ4v) is 1.54. The Morgan fingerprint density at radius 1 is 1.56 bits per heavy atom. The molecule has 6 heteroatoms. The molecule has 5 nitrogen and oxygen atoms in total. The van der Waals surface area contributed by atoms with Crippen LogP contribution in [-0.2, 0) is 11.2 Å². The van der Waals surface area contributed by atoms with Crippen molar-refractivity contribution in [3.8, 4) is 5.75 Å². The third-order valence-electron chi connectivity index (χ3n) is 2.35. The number of amides is 1. The molecule has 1 atom stereocenters. The van der Waals surface area contributed by atoms with E-state index >= 15 is 0 Å². The molecule has 0 spiro atoms. The molecule has 1 rings (SSSR count). The SMILES string of the molecule is COc1ccc(F)cc1CC(N)C(=O)NN(C)C. The molecule has 0 aromatic heterocycles. The number of nitrogens with one attached hydrogen (secondary N) is 1. The highest BCUT2D eigenvalue weighted by molar-refractivity contribution is 5.81. The molecule has 0 aliphatic heterocycles. The van der Waals surface area contributed by atoms with Crippen LogP contribution in [0.3, 0.4) is 0 Å². The summed E-state index contributed by atoms with van der Waals surface area (Å²) in [5.74, 6) is -0.193. The van der Waals surface area contributed by atoms with Gasteiger partial charge in [-0.1, -0.05) is 0 Å². The first kappa shape index (κ1) is 14.4. The van der Waals surface area contributed by atoms with Gasteiger partial charge in [0.1, 0.15) is 11.6 Å². The van der Waals surface area contributed by atoms with Crippen LogP contribution < -0.4 is 15.9 Å². The van der Waals surface area contributed by atoms with Gasteiger partial charge in [0, 0.05) is 20.5 Å². The molecule has 18 heavy (non-hydrogen) atoms. The number of hydrazine groups is 1. The van der Waals surface area contributed by atoms with Crippen molar-refractivity contribution in [1.82, 2.24) is 10.4 Å². The Morgan fingerprint density at radius 3 is 2.78 bits per heavy atom. The second-order valence-corrected chi connectivity index (χ2v) is 4.14. The first-order chi connectivity index (χ1) is 8.43. The zero-order valence-corrected chi connectivity index (χ0v) is 10.7. The van der Waals surface area contributed by atoms with Crippen LogP contribution in [-0.4, -0.2) is 38.2 Å². The molecule has 1 aromatic rings. The zero-order valence-electron chi connectivity index (χ0n) is 10.7. The Morgan fingerprint density at radius 2 is 2.22 bits per heavy atom. The number of nitrogens with zero attached hydrogens (tertiary/aromatic N) is 1. The van der Waals surface area contributed by atoms with Crippen LogP contribution in [0.25, 0.3) is 0 Å². The van der Waals surface area contributed by atoms with Gasteiger partial charge in [-0.3, -0.25) is 10.2 Å². The number of hydrogen-bond acceptors (Lipinski definition) is 4. The number of halogens is 1. The van der Waals surface area contributed by atoms with Crippen LogP contribution in [0.4, 0.5) is 4.39 Å².